The van der Waals surface area contributed by atoms with Gasteiger partial charge in [-0.3, -0.25) is 9.78 Å². The molecule has 0 saturated carbocycles. The first-order valence-corrected chi connectivity index (χ1v) is 7.78. The van der Waals surface area contributed by atoms with E-state index in [1.165, 1.54) is 12.1 Å². The summed E-state index contributed by atoms with van der Waals surface area (Å²) in [6.45, 7) is 5.99. The van der Waals surface area contributed by atoms with E-state index in [1.54, 1.807) is 11.1 Å². The molecule has 2 heterocycles. The van der Waals surface area contributed by atoms with Gasteiger partial charge in [-0.15, -0.1) is 0 Å². The average molecular weight is 330 g/mol. The first-order chi connectivity index (χ1) is 11.5. The molecule has 7 heteroatoms. The predicted octanol–water partition coefficient (Wildman–Crippen LogP) is 1.90. The van der Waals surface area contributed by atoms with Crippen molar-refractivity contribution in [1.29, 1.82) is 0 Å². The Hall–Kier alpha value is -2.70. The van der Waals surface area contributed by atoms with Crippen molar-refractivity contribution in [2.24, 2.45) is 0 Å². The minimum Gasteiger partial charge on any atom is -0.508 e. The Kier molecular flexibility index (Phi) is 4.33. The third-order valence-corrected chi connectivity index (χ3v) is 4.10. The Balaban J connectivity index is 1.70. The van der Waals surface area contributed by atoms with Gasteiger partial charge in [0.05, 0.1) is 17.0 Å². The number of aryl methyl sites for hydroxylation is 2. The van der Waals surface area contributed by atoms with Crippen LogP contribution in [-0.2, 0) is 0 Å². The molecule has 6 nitrogen and oxygen atoms in total. The van der Waals surface area contributed by atoms with Gasteiger partial charge in [-0.2, -0.15) is 0 Å². The molecule has 1 amide bonds. The van der Waals surface area contributed by atoms with Gasteiger partial charge in [0.15, 0.2) is 0 Å². The summed E-state index contributed by atoms with van der Waals surface area (Å²) in [6.07, 6.45) is 1.73. The fourth-order valence-electron chi connectivity index (χ4n) is 2.79. The van der Waals surface area contributed by atoms with Crippen molar-refractivity contribution in [3.8, 4) is 5.75 Å². The molecule has 24 heavy (non-hydrogen) atoms. The maximum absolute atomic E-state index is 13.9. The number of phenols is 1. The molecule has 1 aliphatic heterocycles. The number of hydrogen-bond donors (Lipinski definition) is 1. The molecule has 0 aliphatic carbocycles. The molecule has 1 aromatic heterocycles. The number of aromatic hydroxyl groups is 1. The van der Waals surface area contributed by atoms with E-state index in [2.05, 4.69) is 14.9 Å². The molecule has 0 bridgehead atoms. The summed E-state index contributed by atoms with van der Waals surface area (Å²) in [4.78, 5) is 25.0. The van der Waals surface area contributed by atoms with Gasteiger partial charge in [0, 0.05) is 38.4 Å². The summed E-state index contributed by atoms with van der Waals surface area (Å²) in [7, 11) is 0. The van der Waals surface area contributed by atoms with Crippen molar-refractivity contribution in [1.82, 2.24) is 14.9 Å². The maximum atomic E-state index is 13.9. The number of piperazine rings is 1. The van der Waals surface area contributed by atoms with Crippen LogP contribution in [0.25, 0.3) is 0 Å². The number of halogens is 1. The molecule has 1 N–H and O–H groups in total. The smallest absolute Gasteiger partial charge is 0.256 e. The van der Waals surface area contributed by atoms with Gasteiger partial charge in [-0.1, -0.05) is 0 Å². The highest BCUT2D eigenvalue weighted by Gasteiger charge is 2.25. The zero-order chi connectivity index (χ0) is 17.3. The van der Waals surface area contributed by atoms with Crippen LogP contribution in [0.2, 0.25) is 0 Å². The molecule has 1 aromatic carbocycles. The number of carbonyl (C=O) groups is 1. The van der Waals surface area contributed by atoms with Crippen LogP contribution < -0.4 is 4.90 Å². The van der Waals surface area contributed by atoms with E-state index < -0.39 is 5.82 Å². The summed E-state index contributed by atoms with van der Waals surface area (Å²) >= 11 is 0. The molecule has 1 saturated heterocycles. The van der Waals surface area contributed by atoms with Crippen LogP contribution in [0.3, 0.4) is 0 Å². The van der Waals surface area contributed by atoms with Crippen molar-refractivity contribution in [3.05, 3.63) is 47.2 Å². The first kappa shape index (κ1) is 16.2. The van der Waals surface area contributed by atoms with Crippen LogP contribution in [0.1, 0.15) is 21.7 Å². The van der Waals surface area contributed by atoms with E-state index in [-0.39, 0.29) is 17.2 Å². The third-order valence-electron chi connectivity index (χ3n) is 4.10. The minimum atomic E-state index is -0.706. The van der Waals surface area contributed by atoms with Crippen LogP contribution in [0.5, 0.6) is 5.75 Å². The van der Waals surface area contributed by atoms with Crippen LogP contribution >= 0.6 is 0 Å². The van der Waals surface area contributed by atoms with E-state index >= 15 is 0 Å². The number of benzene rings is 1. The monoisotopic (exact) mass is 330 g/mol. The lowest BCUT2D eigenvalue weighted by Gasteiger charge is -2.36. The first-order valence-electron chi connectivity index (χ1n) is 7.78. The summed E-state index contributed by atoms with van der Waals surface area (Å²) < 4.78 is 13.9. The molecule has 0 radical (unpaired) electrons. The average Bonchev–Trinajstić information content (AvgIpc) is 2.57. The number of nitrogens with zero attached hydrogens (tertiary/aromatic N) is 4. The SMILES string of the molecule is Cc1cnc(C)c(N2CCN(C(=O)c3ccc(O)cc3F)CC2)n1. The number of phenolic OH excluding ortho intramolecular Hbond substituents is 1. The lowest BCUT2D eigenvalue weighted by Crippen LogP contribution is -2.49. The molecule has 3 rings (SSSR count). The molecule has 0 spiro atoms. The second-order valence-corrected chi connectivity index (χ2v) is 5.86. The molecule has 1 aliphatic rings. The van der Waals surface area contributed by atoms with Gasteiger partial charge in [0.2, 0.25) is 0 Å². The molecule has 2 aromatic rings. The second kappa shape index (κ2) is 6.43. The number of carbonyl (C=O) groups excluding carboxylic acids is 1. The van der Waals surface area contributed by atoms with Gasteiger partial charge < -0.3 is 14.9 Å². The quantitative estimate of drug-likeness (QED) is 0.911. The van der Waals surface area contributed by atoms with E-state index in [0.717, 1.165) is 23.3 Å². The Morgan fingerprint density at radius 2 is 1.92 bits per heavy atom. The highest BCUT2D eigenvalue weighted by Crippen LogP contribution is 2.20. The van der Waals surface area contributed by atoms with Crippen molar-refractivity contribution in [2.75, 3.05) is 31.1 Å². The van der Waals surface area contributed by atoms with E-state index in [9.17, 15) is 14.3 Å². The Morgan fingerprint density at radius 1 is 1.21 bits per heavy atom. The Labute approximate surface area is 139 Å². The number of hydrogen-bond acceptors (Lipinski definition) is 5. The minimum absolute atomic E-state index is 0.0206. The normalized spacial score (nSPS) is 14.8. The Morgan fingerprint density at radius 3 is 2.58 bits per heavy atom. The third kappa shape index (κ3) is 3.15. The summed E-state index contributed by atoms with van der Waals surface area (Å²) in [5, 5.41) is 9.25. The molecule has 0 unspecified atom stereocenters. The van der Waals surface area contributed by atoms with Gasteiger partial charge in [0.25, 0.3) is 5.91 Å². The van der Waals surface area contributed by atoms with Gasteiger partial charge in [-0.05, 0) is 26.0 Å². The van der Waals surface area contributed by atoms with E-state index in [0.29, 0.717) is 26.2 Å². The van der Waals surface area contributed by atoms with E-state index in [1.807, 2.05) is 13.8 Å². The molecule has 1 fully saturated rings. The Bertz CT molecular complexity index is 773. The molecular formula is C17H19FN4O2. The maximum Gasteiger partial charge on any atom is 0.256 e. The zero-order valence-electron chi connectivity index (χ0n) is 13.7. The van der Waals surface area contributed by atoms with Crippen molar-refractivity contribution < 1.29 is 14.3 Å². The zero-order valence-corrected chi connectivity index (χ0v) is 13.7. The largest absolute Gasteiger partial charge is 0.508 e. The predicted molar refractivity (Wildman–Crippen MR) is 87.7 cm³/mol. The lowest BCUT2D eigenvalue weighted by atomic mass is 10.1. The fraction of sp³-hybridized carbons (Fsp3) is 0.353. The lowest BCUT2D eigenvalue weighted by molar-refractivity contribution is 0.0741. The van der Waals surface area contributed by atoms with Gasteiger partial charge >= 0.3 is 0 Å². The number of rotatable bonds is 2. The van der Waals surface area contributed by atoms with Crippen molar-refractivity contribution >= 4 is 11.7 Å². The molecule has 0 atom stereocenters. The number of amides is 1. The molecular weight excluding hydrogens is 311 g/mol. The van der Waals surface area contributed by atoms with Crippen molar-refractivity contribution in [2.45, 2.75) is 13.8 Å². The summed E-state index contributed by atoms with van der Waals surface area (Å²) in [6, 6.07) is 3.59. The highest BCUT2D eigenvalue weighted by atomic mass is 19.1. The summed E-state index contributed by atoms with van der Waals surface area (Å²) in [5.41, 5.74) is 1.68. The topological polar surface area (TPSA) is 69.6 Å². The second-order valence-electron chi connectivity index (χ2n) is 5.86. The van der Waals surface area contributed by atoms with Crippen LogP contribution in [0.15, 0.2) is 24.4 Å². The van der Waals surface area contributed by atoms with Gasteiger partial charge in [0.1, 0.15) is 17.4 Å². The van der Waals surface area contributed by atoms with Crippen LogP contribution in [0.4, 0.5) is 10.2 Å². The standard InChI is InChI=1S/C17H19FN4O2/c1-11-10-19-12(2)16(20-11)21-5-7-22(8-6-21)17(24)14-4-3-13(23)9-15(14)18/h3-4,9-10,23H,5-8H2,1-2H3. The highest BCUT2D eigenvalue weighted by molar-refractivity contribution is 5.94. The van der Waals surface area contributed by atoms with E-state index in [4.69, 9.17) is 0 Å². The fourth-order valence-corrected chi connectivity index (χ4v) is 2.79. The number of aromatic nitrogens is 2. The summed E-state index contributed by atoms with van der Waals surface area (Å²) in [5.74, 6) is -0.428. The molecule has 126 valence electrons. The van der Waals surface area contributed by atoms with Crippen LogP contribution in [-0.4, -0.2) is 52.1 Å². The number of anilines is 1. The van der Waals surface area contributed by atoms with Crippen molar-refractivity contribution in [3.63, 3.8) is 0 Å². The van der Waals surface area contributed by atoms with Gasteiger partial charge in [-0.25, -0.2) is 9.37 Å². The van der Waals surface area contributed by atoms with Crippen LogP contribution in [0, 0.1) is 19.7 Å².